The molecule has 0 N–H and O–H groups in total. The van der Waals surface area contributed by atoms with E-state index < -0.39 is 15.7 Å². The van der Waals surface area contributed by atoms with Crippen LogP contribution >= 0.6 is 0 Å². The first-order chi connectivity index (χ1) is 7.89. The smallest absolute Gasteiger partial charge is 0.248 e. The molecule has 2 nitrogen and oxygen atoms in total. The second-order valence-corrected chi connectivity index (χ2v) is 8.13. The molecule has 2 aliphatic rings. The zero-order chi connectivity index (χ0) is 12.5. The van der Waals surface area contributed by atoms with Gasteiger partial charge in [0.1, 0.15) is 0 Å². The first-order valence-corrected chi connectivity index (χ1v) is 8.33. The van der Waals surface area contributed by atoms with E-state index >= 15 is 0 Å². The molecule has 0 aromatic heterocycles. The molecule has 0 amide bonds. The van der Waals surface area contributed by atoms with Crippen molar-refractivity contribution in [2.45, 2.75) is 57.4 Å². The molecule has 0 aromatic carbocycles. The summed E-state index contributed by atoms with van der Waals surface area (Å²) in [5, 5.41) is 0. The number of rotatable bonds is 1. The number of hydrogen-bond donors (Lipinski definition) is 0. The monoisotopic (exact) mass is 265 g/mol. The highest BCUT2D eigenvalue weighted by Gasteiger charge is 2.35. The van der Waals surface area contributed by atoms with Gasteiger partial charge in [-0.25, -0.2) is 17.4 Å². The maximum absolute atomic E-state index is 13.0. The zero-order valence-electron chi connectivity index (χ0n) is 10.3. The fraction of sp³-hybridized carbons (Fsp3) is 1.00. The van der Waals surface area contributed by atoms with Crippen molar-refractivity contribution in [1.82, 2.24) is 0 Å². The minimum Gasteiger partial charge on any atom is -0.250 e. The molecule has 0 aromatic rings. The summed E-state index contributed by atoms with van der Waals surface area (Å²) in [4.78, 5) is 0. The van der Waals surface area contributed by atoms with E-state index in [-0.39, 0.29) is 18.9 Å². The molecule has 0 atom stereocenters. The van der Waals surface area contributed by atoms with Crippen molar-refractivity contribution in [2.24, 2.45) is 10.3 Å². The van der Waals surface area contributed by atoms with Gasteiger partial charge in [-0.2, -0.15) is 0 Å². The fourth-order valence-corrected chi connectivity index (χ4v) is 5.23. The van der Waals surface area contributed by atoms with Crippen LogP contribution in [0.5, 0.6) is 0 Å². The van der Waals surface area contributed by atoms with Gasteiger partial charge in [0.15, 0.2) is 0 Å². The van der Waals surface area contributed by atoms with Crippen LogP contribution in [-0.4, -0.2) is 27.7 Å². The van der Waals surface area contributed by atoms with Gasteiger partial charge in [-0.05, 0) is 31.6 Å². The predicted molar refractivity (Wildman–Crippen MR) is 65.9 cm³/mol. The summed E-state index contributed by atoms with van der Waals surface area (Å²) in [7, 11) is -2.08. The Hall–Kier alpha value is -0.190. The van der Waals surface area contributed by atoms with Gasteiger partial charge in [0, 0.05) is 34.1 Å². The number of hydrogen-bond acceptors (Lipinski definition) is 2. The van der Waals surface area contributed by atoms with Gasteiger partial charge in [0.25, 0.3) is 0 Å². The van der Waals surface area contributed by atoms with Crippen LogP contribution in [0, 0.1) is 5.92 Å². The van der Waals surface area contributed by atoms with E-state index in [2.05, 4.69) is 11.3 Å². The minimum atomic E-state index is -2.52. The average molecular weight is 265 g/mol. The van der Waals surface area contributed by atoms with Gasteiger partial charge in [0.2, 0.25) is 5.92 Å². The normalized spacial score (nSPS) is 38.9. The lowest BCUT2D eigenvalue weighted by molar-refractivity contribution is -0.0372. The Morgan fingerprint density at radius 2 is 1.65 bits per heavy atom. The molecule has 2 fully saturated rings. The molecule has 0 radical (unpaired) electrons. The maximum atomic E-state index is 13.0. The highest BCUT2D eigenvalue weighted by molar-refractivity contribution is 7.93. The Morgan fingerprint density at radius 1 is 1.12 bits per heavy atom. The molecule has 0 unspecified atom stereocenters. The van der Waals surface area contributed by atoms with E-state index in [9.17, 15) is 13.0 Å². The first kappa shape index (κ1) is 13.2. The van der Waals surface area contributed by atoms with Crippen LogP contribution in [0.25, 0.3) is 0 Å². The van der Waals surface area contributed by atoms with E-state index in [0.29, 0.717) is 30.3 Å². The molecule has 1 saturated heterocycles. The lowest BCUT2D eigenvalue weighted by atomic mass is 9.93. The molecule has 2 rings (SSSR count). The summed E-state index contributed by atoms with van der Waals surface area (Å²) in [5.74, 6) is -0.545. The lowest BCUT2D eigenvalue weighted by Crippen LogP contribution is -2.29. The van der Waals surface area contributed by atoms with Crippen LogP contribution in [0.1, 0.15) is 45.4 Å². The third-order valence-electron chi connectivity index (χ3n) is 3.89. The number of alkyl halides is 2. The van der Waals surface area contributed by atoms with Crippen LogP contribution < -0.4 is 0 Å². The number of halogens is 2. The molecule has 1 aliphatic carbocycles. The summed E-state index contributed by atoms with van der Waals surface area (Å²) in [6.07, 6.45) is 2.55. The highest BCUT2D eigenvalue weighted by atomic mass is 32.2. The van der Waals surface area contributed by atoms with Crippen molar-refractivity contribution in [1.29, 1.82) is 0 Å². The molecule has 1 heterocycles. The van der Waals surface area contributed by atoms with Crippen LogP contribution in [0.2, 0.25) is 0 Å². The third-order valence-corrected chi connectivity index (χ3v) is 6.32. The Kier molecular flexibility index (Phi) is 3.76. The summed E-state index contributed by atoms with van der Waals surface area (Å²) >= 11 is 0. The van der Waals surface area contributed by atoms with Crippen LogP contribution in [0.3, 0.4) is 0 Å². The van der Waals surface area contributed by atoms with Crippen LogP contribution in [-0.2, 0) is 9.73 Å². The van der Waals surface area contributed by atoms with Gasteiger partial charge in [-0.1, -0.05) is 6.92 Å². The van der Waals surface area contributed by atoms with Crippen LogP contribution in [0.4, 0.5) is 8.78 Å². The van der Waals surface area contributed by atoms with Crippen LogP contribution in [0.15, 0.2) is 4.36 Å². The van der Waals surface area contributed by atoms with Crippen molar-refractivity contribution < 1.29 is 13.0 Å². The van der Waals surface area contributed by atoms with Gasteiger partial charge in [0.05, 0.1) is 6.04 Å². The summed E-state index contributed by atoms with van der Waals surface area (Å²) in [5.41, 5.74) is 0. The summed E-state index contributed by atoms with van der Waals surface area (Å²) < 4.78 is 42.8. The Bertz CT molecular complexity index is 364. The summed E-state index contributed by atoms with van der Waals surface area (Å²) in [6, 6.07) is -0.0875. The molecule has 0 spiro atoms. The Balaban J connectivity index is 1.98. The largest absolute Gasteiger partial charge is 0.250 e. The molecular weight excluding hydrogens is 244 g/mol. The van der Waals surface area contributed by atoms with Crippen molar-refractivity contribution >= 4 is 9.73 Å². The lowest BCUT2D eigenvalue weighted by Gasteiger charge is -2.28. The molecule has 1 saturated carbocycles. The Labute approximate surface area is 102 Å². The molecule has 1 aliphatic heterocycles. The van der Waals surface area contributed by atoms with Crippen molar-refractivity contribution in [3.05, 3.63) is 0 Å². The summed E-state index contributed by atoms with van der Waals surface area (Å²) in [6.45, 7) is 2.17. The van der Waals surface area contributed by atoms with E-state index in [1.165, 1.54) is 0 Å². The second kappa shape index (κ2) is 4.82. The van der Waals surface area contributed by atoms with Gasteiger partial charge >= 0.3 is 0 Å². The highest BCUT2D eigenvalue weighted by Crippen LogP contribution is 2.35. The average Bonchev–Trinajstić information content (AvgIpc) is 2.26. The number of nitrogens with zero attached hydrogens (tertiary/aromatic N) is 1. The van der Waals surface area contributed by atoms with Gasteiger partial charge < -0.3 is 0 Å². The van der Waals surface area contributed by atoms with E-state index in [1.54, 1.807) is 0 Å². The van der Waals surface area contributed by atoms with Crippen molar-refractivity contribution in [3.8, 4) is 0 Å². The van der Waals surface area contributed by atoms with E-state index in [1.807, 2.05) is 0 Å². The maximum Gasteiger partial charge on any atom is 0.248 e. The topological polar surface area (TPSA) is 29.4 Å². The minimum absolute atomic E-state index is 0.0875. The molecule has 0 bridgehead atoms. The quantitative estimate of drug-likeness (QED) is 0.714. The second-order valence-electron chi connectivity index (χ2n) is 5.56. The van der Waals surface area contributed by atoms with Crippen molar-refractivity contribution in [2.75, 3.05) is 11.5 Å². The molecular formula is C12H21F2NOS. The first-order valence-electron chi connectivity index (χ1n) is 6.48. The van der Waals surface area contributed by atoms with Gasteiger partial charge in [-0.15, -0.1) is 0 Å². The molecule has 100 valence electrons. The Morgan fingerprint density at radius 3 is 2.18 bits per heavy atom. The fourth-order valence-electron chi connectivity index (χ4n) is 2.52. The SMILES string of the molecule is CC1CCS(=O)(=NC2CCC(F)(F)CC2)CC1. The standard InChI is InChI=1S/C12H21F2NOS/c1-10-4-8-17(16,9-5-10)15-11-2-6-12(13,14)7-3-11/h10-11H,2-9H2,1H3. The van der Waals surface area contributed by atoms with E-state index in [0.717, 1.165) is 12.8 Å². The zero-order valence-corrected chi connectivity index (χ0v) is 11.1. The molecule has 5 heteroatoms. The predicted octanol–water partition coefficient (Wildman–Crippen LogP) is 3.46. The van der Waals surface area contributed by atoms with Crippen molar-refractivity contribution in [3.63, 3.8) is 0 Å². The van der Waals surface area contributed by atoms with Gasteiger partial charge in [-0.3, -0.25) is 0 Å². The van der Waals surface area contributed by atoms with E-state index in [4.69, 9.17) is 0 Å². The third kappa shape index (κ3) is 3.63. The molecule has 17 heavy (non-hydrogen) atoms.